The maximum absolute atomic E-state index is 12.8. The number of hydrogen-bond donors (Lipinski definition) is 0. The summed E-state index contributed by atoms with van der Waals surface area (Å²) in [5.74, 6) is -0.889. The van der Waals surface area contributed by atoms with Gasteiger partial charge >= 0.3 is 17.9 Å². The van der Waals surface area contributed by atoms with Gasteiger partial charge in [-0.05, 0) is 109 Å². The van der Waals surface area contributed by atoms with E-state index >= 15 is 0 Å². The Bertz CT molecular complexity index is 1590. The molecule has 0 rings (SSSR count). The van der Waals surface area contributed by atoms with Gasteiger partial charge in [-0.1, -0.05) is 297 Å². The van der Waals surface area contributed by atoms with Crippen LogP contribution < -0.4 is 0 Å². The molecular weight excluding hydrogens is 973 g/mol. The Hall–Kier alpha value is -3.93. The number of unbranched alkanes of at least 4 members (excludes halogenated alkanes) is 31. The third-order valence-electron chi connectivity index (χ3n) is 14.3. The maximum atomic E-state index is 12.8. The van der Waals surface area contributed by atoms with Crippen LogP contribution in [0.5, 0.6) is 0 Å². The number of allylic oxidation sites excluding steroid dienone is 18. The first-order valence-corrected chi connectivity index (χ1v) is 33.4. The molecule has 0 radical (unpaired) electrons. The molecule has 1 unspecified atom stereocenters. The van der Waals surface area contributed by atoms with E-state index in [0.29, 0.717) is 19.3 Å². The maximum Gasteiger partial charge on any atom is 0.306 e. The van der Waals surface area contributed by atoms with E-state index in [1.807, 2.05) is 0 Å². The summed E-state index contributed by atoms with van der Waals surface area (Å²) in [5, 5.41) is 0. The molecule has 1 atom stereocenters. The lowest BCUT2D eigenvalue weighted by Gasteiger charge is -2.18. The molecule has 0 aliphatic rings. The molecule has 0 aromatic carbocycles. The average molecular weight is 1100 g/mol. The number of carbonyl (C=O) groups is 3. The van der Waals surface area contributed by atoms with Crippen molar-refractivity contribution in [3.05, 3.63) is 109 Å². The fraction of sp³-hybridized carbons (Fsp3) is 0.712. The van der Waals surface area contributed by atoms with Gasteiger partial charge < -0.3 is 14.2 Å². The van der Waals surface area contributed by atoms with Gasteiger partial charge in [-0.2, -0.15) is 0 Å². The third kappa shape index (κ3) is 64.8. The van der Waals surface area contributed by atoms with Crippen LogP contribution in [0.3, 0.4) is 0 Å². The Labute approximate surface area is 489 Å². The Balaban J connectivity index is 4.03. The monoisotopic (exact) mass is 1100 g/mol. The van der Waals surface area contributed by atoms with Crippen molar-refractivity contribution in [3.8, 4) is 0 Å². The minimum Gasteiger partial charge on any atom is -0.462 e. The highest BCUT2D eigenvalue weighted by Gasteiger charge is 2.19. The predicted octanol–water partition coefficient (Wildman–Crippen LogP) is 23.0. The summed E-state index contributed by atoms with van der Waals surface area (Å²) in [4.78, 5) is 38.0. The van der Waals surface area contributed by atoms with E-state index in [1.165, 1.54) is 161 Å². The zero-order valence-corrected chi connectivity index (χ0v) is 51.9. The number of ether oxygens (including phenoxy) is 3. The molecule has 0 spiro atoms. The molecule has 0 aromatic rings. The number of rotatable bonds is 60. The molecule has 6 heteroatoms. The molecule has 0 bridgehead atoms. The molecule has 0 heterocycles. The van der Waals surface area contributed by atoms with Crippen LogP contribution in [-0.4, -0.2) is 37.2 Å². The average Bonchev–Trinajstić information content (AvgIpc) is 3.45. The van der Waals surface area contributed by atoms with Gasteiger partial charge in [0.25, 0.3) is 0 Å². The molecule has 0 N–H and O–H groups in total. The van der Waals surface area contributed by atoms with Gasteiger partial charge in [0.15, 0.2) is 6.10 Å². The lowest BCUT2D eigenvalue weighted by molar-refractivity contribution is -0.167. The highest BCUT2D eigenvalue weighted by atomic mass is 16.6. The van der Waals surface area contributed by atoms with Crippen LogP contribution in [0.15, 0.2) is 109 Å². The van der Waals surface area contributed by atoms with Crippen molar-refractivity contribution < 1.29 is 28.6 Å². The smallest absolute Gasteiger partial charge is 0.306 e. The standard InChI is InChI=1S/C73H124O6/c1-4-7-10-13-15-17-19-21-23-25-27-29-31-32-33-34-35-36-37-38-39-40-42-43-45-47-49-51-53-55-57-60-63-66-72(75)78-69-70(68-77-71(74)65-62-59-12-9-6-3)79-73(76)67-64-61-58-56-54-52-50-48-46-44-41-30-28-26-24-22-20-18-16-14-11-8-5-2/h7,10,15,17,20-23,26-29,32-33,35-36,38-39,70H,4-6,8-9,11-14,16,18-19,24-25,30-31,34,37,40-69H2,1-3H3/b10-7-,17-15-,22-20-,23-21-,28-26-,29-27-,33-32-,36-35-,39-38-. The van der Waals surface area contributed by atoms with E-state index in [4.69, 9.17) is 14.2 Å². The number of hydrogen-bond acceptors (Lipinski definition) is 6. The topological polar surface area (TPSA) is 78.9 Å². The fourth-order valence-corrected chi connectivity index (χ4v) is 9.28. The molecule has 0 aliphatic carbocycles. The number of carbonyl (C=O) groups excluding carboxylic acids is 3. The second-order valence-corrected chi connectivity index (χ2v) is 22.0. The van der Waals surface area contributed by atoms with Gasteiger partial charge in [0.05, 0.1) is 0 Å². The number of esters is 3. The van der Waals surface area contributed by atoms with Crippen molar-refractivity contribution in [3.63, 3.8) is 0 Å². The van der Waals surface area contributed by atoms with Gasteiger partial charge in [-0.25, -0.2) is 0 Å². The SMILES string of the molecule is CC/C=C\C/C=C\C/C=C\C/C=C\C/C=C\C/C=C\C/C=C\CCCCCCCCCCCCCC(=O)OCC(COC(=O)CCCCCCC)OC(=O)CCCCCCCCCCCCC/C=C\C/C=C\CCCCCCC. The molecule has 0 aromatic heterocycles. The van der Waals surface area contributed by atoms with Crippen LogP contribution in [0.4, 0.5) is 0 Å². The first-order valence-electron chi connectivity index (χ1n) is 33.4. The Morgan fingerprint density at radius 1 is 0.266 bits per heavy atom. The predicted molar refractivity (Wildman–Crippen MR) is 343 cm³/mol. The van der Waals surface area contributed by atoms with Crippen molar-refractivity contribution in [2.24, 2.45) is 0 Å². The highest BCUT2D eigenvalue weighted by Crippen LogP contribution is 2.16. The van der Waals surface area contributed by atoms with Crippen LogP contribution in [-0.2, 0) is 28.6 Å². The summed E-state index contributed by atoms with van der Waals surface area (Å²) in [5.41, 5.74) is 0. The molecule has 452 valence electrons. The van der Waals surface area contributed by atoms with E-state index in [9.17, 15) is 14.4 Å². The largest absolute Gasteiger partial charge is 0.462 e. The summed E-state index contributed by atoms with van der Waals surface area (Å²) in [6, 6.07) is 0. The molecule has 0 amide bonds. The zero-order chi connectivity index (χ0) is 57.1. The minimum atomic E-state index is -0.777. The summed E-state index contributed by atoms with van der Waals surface area (Å²) >= 11 is 0. The third-order valence-corrected chi connectivity index (χ3v) is 14.3. The highest BCUT2D eigenvalue weighted by molar-refractivity contribution is 5.71. The van der Waals surface area contributed by atoms with E-state index in [0.717, 1.165) is 116 Å². The Morgan fingerprint density at radius 3 is 0.772 bits per heavy atom. The van der Waals surface area contributed by atoms with Gasteiger partial charge in [0, 0.05) is 19.3 Å². The molecule has 0 aliphatic heterocycles. The molecule has 6 nitrogen and oxygen atoms in total. The molecule has 0 saturated heterocycles. The summed E-state index contributed by atoms with van der Waals surface area (Å²) < 4.78 is 16.8. The van der Waals surface area contributed by atoms with E-state index in [2.05, 4.69) is 130 Å². The van der Waals surface area contributed by atoms with Crippen molar-refractivity contribution >= 4 is 17.9 Å². The van der Waals surface area contributed by atoms with Crippen LogP contribution in [0.1, 0.15) is 316 Å². The molecular formula is C73H124O6. The fourth-order valence-electron chi connectivity index (χ4n) is 9.28. The summed E-state index contributed by atoms with van der Waals surface area (Å²) in [6.45, 7) is 6.45. The van der Waals surface area contributed by atoms with Crippen LogP contribution in [0.2, 0.25) is 0 Å². The first-order chi connectivity index (χ1) is 39.0. The normalized spacial score (nSPS) is 12.8. The lowest BCUT2D eigenvalue weighted by Crippen LogP contribution is -2.30. The van der Waals surface area contributed by atoms with Gasteiger partial charge in [-0.15, -0.1) is 0 Å². The summed E-state index contributed by atoms with van der Waals surface area (Å²) in [6.07, 6.45) is 91.5. The summed E-state index contributed by atoms with van der Waals surface area (Å²) in [7, 11) is 0. The van der Waals surface area contributed by atoms with Crippen LogP contribution in [0.25, 0.3) is 0 Å². The first kappa shape index (κ1) is 75.1. The Kier molecular flexibility index (Phi) is 63.3. The molecule has 79 heavy (non-hydrogen) atoms. The quantitative estimate of drug-likeness (QED) is 0.0261. The zero-order valence-electron chi connectivity index (χ0n) is 51.9. The van der Waals surface area contributed by atoms with Gasteiger partial charge in [0.1, 0.15) is 13.2 Å². The van der Waals surface area contributed by atoms with Crippen LogP contribution >= 0.6 is 0 Å². The van der Waals surface area contributed by atoms with Crippen molar-refractivity contribution in [2.75, 3.05) is 13.2 Å². The second kappa shape index (κ2) is 66.6. The van der Waals surface area contributed by atoms with Gasteiger partial charge in [0.2, 0.25) is 0 Å². The second-order valence-electron chi connectivity index (χ2n) is 22.0. The Morgan fingerprint density at radius 2 is 0.494 bits per heavy atom. The van der Waals surface area contributed by atoms with Crippen LogP contribution in [0, 0.1) is 0 Å². The van der Waals surface area contributed by atoms with Crippen molar-refractivity contribution in [2.45, 2.75) is 322 Å². The van der Waals surface area contributed by atoms with E-state index in [1.54, 1.807) is 0 Å². The minimum absolute atomic E-state index is 0.0786. The van der Waals surface area contributed by atoms with Gasteiger partial charge in [-0.3, -0.25) is 14.4 Å². The molecule has 0 fully saturated rings. The molecule has 0 saturated carbocycles. The van der Waals surface area contributed by atoms with Crippen molar-refractivity contribution in [1.82, 2.24) is 0 Å². The van der Waals surface area contributed by atoms with E-state index in [-0.39, 0.29) is 31.1 Å². The van der Waals surface area contributed by atoms with Crippen molar-refractivity contribution in [1.29, 1.82) is 0 Å². The lowest BCUT2D eigenvalue weighted by atomic mass is 10.0. The van der Waals surface area contributed by atoms with E-state index < -0.39 is 6.10 Å².